The number of anilines is 1. The summed E-state index contributed by atoms with van der Waals surface area (Å²) in [6, 6.07) is 7.66. The zero-order valence-corrected chi connectivity index (χ0v) is 13.1. The Bertz CT molecular complexity index is 404. The highest BCUT2D eigenvalue weighted by atomic mass is 79.9. The number of hydrogen-bond acceptors (Lipinski definition) is 3. The summed E-state index contributed by atoms with van der Waals surface area (Å²) < 4.78 is 0.975. The van der Waals surface area contributed by atoms with Crippen LogP contribution in [0.3, 0.4) is 0 Å². The molecule has 1 aromatic rings. The number of benzene rings is 1. The molecule has 0 heterocycles. The first-order valence-corrected chi connectivity index (χ1v) is 7.15. The number of nitrogens with one attached hydrogen (secondary N) is 1. The second-order valence-corrected chi connectivity index (χ2v) is 5.84. The number of carbonyl (C=O) groups is 1. The van der Waals surface area contributed by atoms with E-state index in [2.05, 4.69) is 21.2 Å². The molecule has 0 radical (unpaired) electrons. The van der Waals surface area contributed by atoms with Gasteiger partial charge < -0.3 is 10.4 Å². The fraction of sp³-hybridized carbons (Fsp3) is 0.500. The highest BCUT2D eigenvalue weighted by Crippen LogP contribution is 2.14. The molecule has 1 unspecified atom stereocenters. The lowest BCUT2D eigenvalue weighted by molar-refractivity contribution is -0.118. The molecule has 0 aliphatic carbocycles. The van der Waals surface area contributed by atoms with Gasteiger partial charge in [-0.25, -0.2) is 0 Å². The second kappa shape index (κ2) is 7.62. The first-order chi connectivity index (χ1) is 8.88. The predicted octanol–water partition coefficient (Wildman–Crippen LogP) is 2.48. The van der Waals surface area contributed by atoms with Crippen LogP contribution < -0.4 is 5.32 Å². The minimum Gasteiger partial charge on any atom is -0.392 e. The standard InChI is InChI=1S/C14H21BrN2O2/c1-10(2)17(8-11(3)18)9-14(19)16-13-6-4-12(15)5-7-13/h4-7,10-11,18H,8-9H2,1-3H3,(H,16,19). The van der Waals surface area contributed by atoms with Gasteiger partial charge in [-0.15, -0.1) is 0 Å². The molecule has 106 valence electrons. The Hall–Kier alpha value is -0.910. The summed E-state index contributed by atoms with van der Waals surface area (Å²) in [4.78, 5) is 13.9. The topological polar surface area (TPSA) is 52.6 Å². The van der Waals surface area contributed by atoms with Crippen molar-refractivity contribution in [3.63, 3.8) is 0 Å². The molecule has 0 spiro atoms. The Kier molecular flexibility index (Phi) is 6.48. The summed E-state index contributed by atoms with van der Waals surface area (Å²) >= 11 is 3.35. The minimum absolute atomic E-state index is 0.0725. The number of aliphatic hydroxyl groups excluding tert-OH is 1. The van der Waals surface area contributed by atoms with E-state index in [0.717, 1.165) is 10.2 Å². The Balaban J connectivity index is 2.55. The van der Waals surface area contributed by atoms with Crippen molar-refractivity contribution in [3.8, 4) is 0 Å². The average Bonchev–Trinajstić information content (AvgIpc) is 2.30. The Morgan fingerprint density at radius 2 is 1.89 bits per heavy atom. The average molecular weight is 329 g/mol. The largest absolute Gasteiger partial charge is 0.392 e. The molecule has 2 N–H and O–H groups in total. The van der Waals surface area contributed by atoms with Crippen LogP contribution in [0.2, 0.25) is 0 Å². The Morgan fingerprint density at radius 3 is 2.37 bits per heavy atom. The third-order valence-corrected chi connectivity index (χ3v) is 3.23. The van der Waals surface area contributed by atoms with E-state index in [0.29, 0.717) is 6.54 Å². The summed E-state index contributed by atoms with van der Waals surface area (Å²) in [5.74, 6) is -0.0725. The maximum absolute atomic E-state index is 11.9. The van der Waals surface area contributed by atoms with Crippen LogP contribution in [-0.4, -0.2) is 41.1 Å². The van der Waals surface area contributed by atoms with Crippen LogP contribution in [0.1, 0.15) is 20.8 Å². The van der Waals surface area contributed by atoms with Crippen molar-refractivity contribution in [3.05, 3.63) is 28.7 Å². The molecule has 4 nitrogen and oxygen atoms in total. The highest BCUT2D eigenvalue weighted by molar-refractivity contribution is 9.10. The molecule has 1 aromatic carbocycles. The minimum atomic E-state index is -0.442. The monoisotopic (exact) mass is 328 g/mol. The van der Waals surface area contributed by atoms with E-state index in [1.54, 1.807) is 6.92 Å². The summed E-state index contributed by atoms with van der Waals surface area (Å²) in [6.07, 6.45) is -0.442. The van der Waals surface area contributed by atoms with Crippen LogP contribution in [0, 0.1) is 0 Å². The number of nitrogens with zero attached hydrogens (tertiary/aromatic N) is 1. The quantitative estimate of drug-likeness (QED) is 0.843. The van der Waals surface area contributed by atoms with Crippen molar-refractivity contribution in [2.45, 2.75) is 32.9 Å². The van der Waals surface area contributed by atoms with Gasteiger partial charge >= 0.3 is 0 Å². The van der Waals surface area contributed by atoms with Crippen molar-refractivity contribution >= 4 is 27.5 Å². The molecule has 0 bridgehead atoms. The van der Waals surface area contributed by atoms with Gasteiger partial charge in [0.15, 0.2) is 0 Å². The van der Waals surface area contributed by atoms with Crippen LogP contribution in [0.5, 0.6) is 0 Å². The molecule has 5 heteroatoms. The predicted molar refractivity (Wildman–Crippen MR) is 81.2 cm³/mol. The second-order valence-electron chi connectivity index (χ2n) is 4.93. The number of rotatable bonds is 6. The fourth-order valence-electron chi connectivity index (χ4n) is 1.72. The van der Waals surface area contributed by atoms with Gasteiger partial charge in [-0.2, -0.15) is 0 Å². The van der Waals surface area contributed by atoms with E-state index in [-0.39, 0.29) is 18.5 Å². The van der Waals surface area contributed by atoms with E-state index in [4.69, 9.17) is 0 Å². The lowest BCUT2D eigenvalue weighted by atomic mass is 10.2. The molecule has 1 rings (SSSR count). The van der Waals surface area contributed by atoms with Crippen LogP contribution in [0.25, 0.3) is 0 Å². The van der Waals surface area contributed by atoms with E-state index in [1.807, 2.05) is 43.0 Å². The third-order valence-electron chi connectivity index (χ3n) is 2.70. The zero-order chi connectivity index (χ0) is 14.4. The fourth-order valence-corrected chi connectivity index (χ4v) is 1.98. The van der Waals surface area contributed by atoms with Crippen LogP contribution in [0.4, 0.5) is 5.69 Å². The molecule has 1 amide bonds. The molecule has 0 aliphatic heterocycles. The molecule has 0 aliphatic rings. The van der Waals surface area contributed by atoms with E-state index in [1.165, 1.54) is 0 Å². The SMILES string of the molecule is CC(O)CN(CC(=O)Nc1ccc(Br)cc1)C(C)C. The van der Waals surface area contributed by atoms with E-state index < -0.39 is 6.10 Å². The Labute approximate surface area is 122 Å². The van der Waals surface area contributed by atoms with Gasteiger partial charge in [-0.1, -0.05) is 15.9 Å². The first kappa shape index (κ1) is 16.1. The number of amides is 1. The number of carbonyl (C=O) groups excluding carboxylic acids is 1. The van der Waals surface area contributed by atoms with Crippen molar-refractivity contribution in [1.82, 2.24) is 4.90 Å². The van der Waals surface area contributed by atoms with Gasteiger partial charge in [-0.05, 0) is 45.0 Å². The lowest BCUT2D eigenvalue weighted by Crippen LogP contribution is -2.41. The van der Waals surface area contributed by atoms with Gasteiger partial charge in [0, 0.05) is 22.7 Å². The smallest absolute Gasteiger partial charge is 0.238 e. The van der Waals surface area contributed by atoms with E-state index in [9.17, 15) is 9.90 Å². The van der Waals surface area contributed by atoms with Gasteiger partial charge in [0.2, 0.25) is 5.91 Å². The number of aliphatic hydroxyl groups is 1. The third kappa shape index (κ3) is 6.18. The van der Waals surface area contributed by atoms with Crippen molar-refractivity contribution < 1.29 is 9.90 Å². The summed E-state index contributed by atoms with van der Waals surface area (Å²) in [5.41, 5.74) is 0.772. The summed E-state index contributed by atoms with van der Waals surface area (Å²) in [7, 11) is 0. The lowest BCUT2D eigenvalue weighted by Gasteiger charge is -2.26. The van der Waals surface area contributed by atoms with Crippen molar-refractivity contribution in [2.75, 3.05) is 18.4 Å². The van der Waals surface area contributed by atoms with Crippen LogP contribution in [-0.2, 0) is 4.79 Å². The highest BCUT2D eigenvalue weighted by Gasteiger charge is 2.15. The van der Waals surface area contributed by atoms with Gasteiger partial charge in [0.25, 0.3) is 0 Å². The molecule has 0 fully saturated rings. The number of hydrogen-bond donors (Lipinski definition) is 2. The summed E-state index contributed by atoms with van der Waals surface area (Å²) in [5, 5.41) is 12.3. The molecule has 0 aromatic heterocycles. The van der Waals surface area contributed by atoms with Crippen LogP contribution >= 0.6 is 15.9 Å². The Morgan fingerprint density at radius 1 is 1.32 bits per heavy atom. The first-order valence-electron chi connectivity index (χ1n) is 6.36. The molecule has 1 atom stereocenters. The zero-order valence-electron chi connectivity index (χ0n) is 11.6. The van der Waals surface area contributed by atoms with Crippen molar-refractivity contribution in [2.24, 2.45) is 0 Å². The maximum atomic E-state index is 11.9. The molecule has 19 heavy (non-hydrogen) atoms. The number of halogens is 1. The van der Waals surface area contributed by atoms with Crippen LogP contribution in [0.15, 0.2) is 28.7 Å². The van der Waals surface area contributed by atoms with Crippen molar-refractivity contribution in [1.29, 1.82) is 0 Å². The summed E-state index contributed by atoms with van der Waals surface area (Å²) in [6.45, 7) is 6.51. The maximum Gasteiger partial charge on any atom is 0.238 e. The molecular formula is C14H21BrN2O2. The van der Waals surface area contributed by atoms with Gasteiger partial charge in [0.05, 0.1) is 12.6 Å². The molecule has 0 saturated carbocycles. The molecule has 0 saturated heterocycles. The molecular weight excluding hydrogens is 308 g/mol. The normalized spacial score (nSPS) is 12.8. The van der Waals surface area contributed by atoms with E-state index >= 15 is 0 Å². The van der Waals surface area contributed by atoms with Gasteiger partial charge in [0.1, 0.15) is 0 Å². The van der Waals surface area contributed by atoms with Gasteiger partial charge in [-0.3, -0.25) is 9.69 Å².